The Morgan fingerprint density at radius 2 is 1.67 bits per heavy atom. The van der Waals surface area contributed by atoms with Crippen LogP contribution in [0, 0.1) is 0 Å². The van der Waals surface area contributed by atoms with Crippen molar-refractivity contribution in [2.45, 2.75) is 26.8 Å². The summed E-state index contributed by atoms with van der Waals surface area (Å²) in [6, 6.07) is 8.63. The summed E-state index contributed by atoms with van der Waals surface area (Å²) in [6.45, 7) is 5.09. The molecular formula is C14H20N6O. The number of nitrogens with two attached hydrogens (primary N) is 1. The van der Waals surface area contributed by atoms with Crippen LogP contribution in [0.5, 0.6) is 6.01 Å². The number of aryl methyl sites for hydroxylation is 1. The molecule has 21 heavy (non-hydrogen) atoms. The molecule has 1 heterocycles. The summed E-state index contributed by atoms with van der Waals surface area (Å²) < 4.78 is 5.27. The van der Waals surface area contributed by atoms with Gasteiger partial charge in [0.2, 0.25) is 11.9 Å². The van der Waals surface area contributed by atoms with Crippen molar-refractivity contribution in [2.24, 2.45) is 5.84 Å². The summed E-state index contributed by atoms with van der Waals surface area (Å²) in [5.74, 6) is 6.02. The number of benzene rings is 1. The fourth-order valence-corrected chi connectivity index (χ4v) is 1.77. The van der Waals surface area contributed by atoms with Crippen molar-refractivity contribution in [3.63, 3.8) is 0 Å². The molecule has 7 heteroatoms. The third kappa shape index (κ3) is 4.28. The summed E-state index contributed by atoms with van der Waals surface area (Å²) in [4.78, 5) is 12.3. The smallest absolute Gasteiger partial charge is 0.323 e. The molecule has 0 atom stereocenters. The summed E-state index contributed by atoms with van der Waals surface area (Å²) in [6.07, 6.45) is 1.03. The quantitative estimate of drug-likeness (QED) is 0.527. The highest BCUT2D eigenvalue weighted by atomic mass is 16.5. The van der Waals surface area contributed by atoms with Gasteiger partial charge in [0.1, 0.15) is 0 Å². The van der Waals surface area contributed by atoms with E-state index in [1.165, 1.54) is 5.56 Å². The van der Waals surface area contributed by atoms with Gasteiger partial charge in [0, 0.05) is 6.54 Å². The van der Waals surface area contributed by atoms with Crippen LogP contribution in [0.15, 0.2) is 24.3 Å². The molecule has 1 aromatic carbocycles. The maximum atomic E-state index is 5.34. The molecule has 2 rings (SSSR count). The Kier molecular flexibility index (Phi) is 5.28. The van der Waals surface area contributed by atoms with Crippen LogP contribution in [-0.4, -0.2) is 21.6 Å². The average molecular weight is 288 g/mol. The van der Waals surface area contributed by atoms with Gasteiger partial charge in [-0.25, -0.2) is 5.84 Å². The molecule has 0 aliphatic heterocycles. The zero-order chi connectivity index (χ0) is 15.1. The van der Waals surface area contributed by atoms with Crippen molar-refractivity contribution in [3.8, 4) is 6.01 Å². The van der Waals surface area contributed by atoms with Gasteiger partial charge < -0.3 is 10.1 Å². The highest BCUT2D eigenvalue weighted by Gasteiger charge is 2.06. The first-order valence-electron chi connectivity index (χ1n) is 6.92. The third-order valence-corrected chi connectivity index (χ3v) is 2.90. The first kappa shape index (κ1) is 15.0. The minimum absolute atomic E-state index is 0.240. The topological polar surface area (TPSA) is 98.0 Å². The fraction of sp³-hybridized carbons (Fsp3) is 0.357. The van der Waals surface area contributed by atoms with Crippen molar-refractivity contribution >= 4 is 11.9 Å². The number of nitrogens with zero attached hydrogens (tertiary/aromatic N) is 3. The van der Waals surface area contributed by atoms with Crippen molar-refractivity contribution in [1.82, 2.24) is 15.0 Å². The molecule has 0 saturated carbocycles. The van der Waals surface area contributed by atoms with Gasteiger partial charge in [-0.1, -0.05) is 31.2 Å². The molecule has 4 N–H and O–H groups in total. The SMILES string of the molecule is CCOc1nc(NN)nc(NCc2ccc(CC)cc2)n1. The Morgan fingerprint density at radius 3 is 2.29 bits per heavy atom. The Bertz CT molecular complexity index is 572. The van der Waals surface area contributed by atoms with Gasteiger partial charge in [-0.3, -0.25) is 5.43 Å². The zero-order valence-electron chi connectivity index (χ0n) is 12.3. The molecular weight excluding hydrogens is 268 g/mol. The van der Waals surface area contributed by atoms with Gasteiger partial charge in [0.05, 0.1) is 6.61 Å². The first-order valence-corrected chi connectivity index (χ1v) is 6.92. The van der Waals surface area contributed by atoms with E-state index in [1.54, 1.807) is 0 Å². The zero-order valence-corrected chi connectivity index (χ0v) is 12.3. The fourth-order valence-electron chi connectivity index (χ4n) is 1.77. The second-order valence-electron chi connectivity index (χ2n) is 4.37. The second-order valence-corrected chi connectivity index (χ2v) is 4.37. The lowest BCUT2D eigenvalue weighted by Gasteiger charge is -2.09. The average Bonchev–Trinajstić information content (AvgIpc) is 2.53. The van der Waals surface area contributed by atoms with Crippen LogP contribution < -0.4 is 21.3 Å². The second kappa shape index (κ2) is 7.39. The van der Waals surface area contributed by atoms with Crippen LogP contribution in [0.4, 0.5) is 11.9 Å². The Balaban J connectivity index is 2.05. The van der Waals surface area contributed by atoms with E-state index in [4.69, 9.17) is 10.6 Å². The highest BCUT2D eigenvalue weighted by Crippen LogP contribution is 2.12. The van der Waals surface area contributed by atoms with Gasteiger partial charge in [-0.05, 0) is 24.5 Å². The number of anilines is 2. The number of hydrogen-bond donors (Lipinski definition) is 3. The maximum Gasteiger partial charge on any atom is 0.323 e. The van der Waals surface area contributed by atoms with Gasteiger partial charge in [-0.15, -0.1) is 0 Å². The third-order valence-electron chi connectivity index (χ3n) is 2.90. The van der Waals surface area contributed by atoms with Crippen LogP contribution >= 0.6 is 0 Å². The summed E-state index contributed by atoms with van der Waals surface area (Å²) in [7, 11) is 0. The number of ether oxygens (including phenoxy) is 1. The standard InChI is InChI=1S/C14H20N6O/c1-3-10-5-7-11(8-6-10)9-16-12-17-13(20-15)19-14(18-12)21-4-2/h5-8H,3-4,9,15H2,1-2H3,(H2,16,17,18,19,20). The Hall–Kier alpha value is -2.41. The Morgan fingerprint density at radius 1 is 1.00 bits per heavy atom. The normalized spacial score (nSPS) is 10.2. The summed E-state index contributed by atoms with van der Waals surface area (Å²) in [5.41, 5.74) is 4.86. The van der Waals surface area contributed by atoms with Crippen molar-refractivity contribution in [2.75, 3.05) is 17.3 Å². The highest BCUT2D eigenvalue weighted by molar-refractivity contribution is 5.36. The Labute approximate surface area is 123 Å². The van der Waals surface area contributed by atoms with Gasteiger partial charge in [-0.2, -0.15) is 15.0 Å². The number of nitrogen functional groups attached to an aromatic ring is 1. The van der Waals surface area contributed by atoms with Crippen LogP contribution in [-0.2, 0) is 13.0 Å². The minimum atomic E-state index is 0.240. The first-order chi connectivity index (χ1) is 10.2. The van der Waals surface area contributed by atoms with Crippen molar-refractivity contribution in [1.29, 1.82) is 0 Å². The van der Waals surface area contributed by atoms with Crippen LogP contribution in [0.3, 0.4) is 0 Å². The molecule has 112 valence electrons. The van der Waals surface area contributed by atoms with Gasteiger partial charge >= 0.3 is 6.01 Å². The molecule has 0 amide bonds. The number of aromatic nitrogens is 3. The van der Waals surface area contributed by atoms with E-state index in [-0.39, 0.29) is 12.0 Å². The molecule has 0 unspecified atom stereocenters. The van der Waals surface area contributed by atoms with Crippen LogP contribution in [0.25, 0.3) is 0 Å². The molecule has 0 bridgehead atoms. The van der Waals surface area contributed by atoms with E-state index in [0.29, 0.717) is 19.1 Å². The van der Waals surface area contributed by atoms with Crippen molar-refractivity contribution in [3.05, 3.63) is 35.4 Å². The van der Waals surface area contributed by atoms with E-state index in [9.17, 15) is 0 Å². The van der Waals surface area contributed by atoms with E-state index in [0.717, 1.165) is 12.0 Å². The lowest BCUT2D eigenvalue weighted by atomic mass is 10.1. The molecule has 0 saturated heterocycles. The lowest BCUT2D eigenvalue weighted by molar-refractivity contribution is 0.312. The van der Waals surface area contributed by atoms with Crippen molar-refractivity contribution < 1.29 is 4.74 Å². The molecule has 1 aromatic heterocycles. The van der Waals surface area contributed by atoms with Gasteiger partial charge in [0.15, 0.2) is 0 Å². The van der Waals surface area contributed by atoms with Crippen LogP contribution in [0.2, 0.25) is 0 Å². The maximum absolute atomic E-state index is 5.34. The molecule has 0 aliphatic carbocycles. The molecule has 0 aliphatic rings. The monoisotopic (exact) mass is 288 g/mol. The summed E-state index contributed by atoms with van der Waals surface area (Å²) in [5, 5.41) is 3.13. The molecule has 0 radical (unpaired) electrons. The lowest BCUT2D eigenvalue weighted by Crippen LogP contribution is -2.14. The largest absolute Gasteiger partial charge is 0.464 e. The number of hydrazine groups is 1. The van der Waals surface area contributed by atoms with E-state index in [2.05, 4.69) is 56.9 Å². The van der Waals surface area contributed by atoms with Crippen LogP contribution in [0.1, 0.15) is 25.0 Å². The minimum Gasteiger partial charge on any atom is -0.464 e. The molecule has 7 nitrogen and oxygen atoms in total. The molecule has 0 fully saturated rings. The predicted octanol–water partition coefficient (Wildman–Crippen LogP) is 1.73. The molecule has 0 spiro atoms. The van der Waals surface area contributed by atoms with E-state index in [1.807, 2.05) is 6.92 Å². The summed E-state index contributed by atoms with van der Waals surface area (Å²) >= 11 is 0. The van der Waals surface area contributed by atoms with E-state index < -0.39 is 0 Å². The number of hydrogen-bond acceptors (Lipinski definition) is 7. The van der Waals surface area contributed by atoms with E-state index >= 15 is 0 Å². The number of nitrogens with one attached hydrogen (secondary N) is 2. The number of rotatable bonds is 7. The molecule has 2 aromatic rings. The predicted molar refractivity (Wildman–Crippen MR) is 82.0 cm³/mol. The van der Waals surface area contributed by atoms with Gasteiger partial charge in [0.25, 0.3) is 0 Å².